The number of hydrogen-bond donors (Lipinski definition) is 0. The summed E-state index contributed by atoms with van der Waals surface area (Å²) < 4.78 is 0. The van der Waals surface area contributed by atoms with Gasteiger partial charge < -0.3 is 0 Å². The molecule has 0 radical (unpaired) electrons. The minimum absolute atomic E-state index is 0.214. The van der Waals surface area contributed by atoms with Crippen LogP contribution in [-0.4, -0.2) is 0 Å². The Morgan fingerprint density at radius 1 is 0.833 bits per heavy atom. The van der Waals surface area contributed by atoms with E-state index in [9.17, 15) is 0 Å². The minimum Gasteiger partial charge on any atom is -0.0913 e. The van der Waals surface area contributed by atoms with Crippen LogP contribution in [0.3, 0.4) is 0 Å². The summed E-state index contributed by atoms with van der Waals surface area (Å²) in [7, 11) is 0. The van der Waals surface area contributed by atoms with Gasteiger partial charge >= 0.3 is 0 Å². The average Bonchev–Trinajstić information content (AvgIpc) is 2.23. The monoisotopic (exact) mass is 244 g/mol. The summed E-state index contributed by atoms with van der Waals surface area (Å²) in [6, 6.07) is 7.09. The van der Waals surface area contributed by atoms with Crippen LogP contribution < -0.4 is 0 Å². The highest BCUT2D eigenvalue weighted by Crippen LogP contribution is 2.30. The second kappa shape index (κ2) is 5.30. The predicted molar refractivity (Wildman–Crippen MR) is 82.4 cm³/mol. The Labute approximate surface area is 113 Å². The molecule has 0 unspecified atom stereocenters. The van der Waals surface area contributed by atoms with Crippen LogP contribution in [0.4, 0.5) is 0 Å². The fraction of sp³-hybridized carbons (Fsp3) is 0.556. The van der Waals surface area contributed by atoms with Crippen LogP contribution in [0.5, 0.6) is 0 Å². The zero-order valence-corrected chi connectivity index (χ0v) is 13.1. The molecular weight excluding hydrogens is 216 g/mol. The van der Waals surface area contributed by atoms with E-state index in [-0.39, 0.29) is 10.8 Å². The van der Waals surface area contributed by atoms with Crippen molar-refractivity contribution < 1.29 is 0 Å². The van der Waals surface area contributed by atoms with E-state index >= 15 is 0 Å². The molecular formula is C18H28. The Morgan fingerprint density at radius 3 is 1.61 bits per heavy atom. The summed E-state index contributed by atoms with van der Waals surface area (Å²) in [5, 5.41) is 0. The van der Waals surface area contributed by atoms with Gasteiger partial charge in [-0.1, -0.05) is 71.9 Å². The van der Waals surface area contributed by atoms with Gasteiger partial charge in [0.2, 0.25) is 0 Å². The van der Waals surface area contributed by atoms with Crippen LogP contribution in [0.2, 0.25) is 0 Å². The van der Waals surface area contributed by atoms with Crippen molar-refractivity contribution in [3.63, 3.8) is 0 Å². The fourth-order valence-corrected chi connectivity index (χ4v) is 1.93. The smallest absolute Gasteiger partial charge is 0.00974 e. The van der Waals surface area contributed by atoms with E-state index in [1.165, 1.54) is 16.7 Å². The van der Waals surface area contributed by atoms with Crippen molar-refractivity contribution >= 4 is 0 Å². The predicted octanol–water partition coefficient (Wildman–Crippen LogP) is 5.40. The van der Waals surface area contributed by atoms with Crippen molar-refractivity contribution in [2.75, 3.05) is 0 Å². The molecule has 0 nitrogen and oxygen atoms in total. The molecule has 100 valence electrons. The molecule has 0 aliphatic heterocycles. The topological polar surface area (TPSA) is 0 Å². The van der Waals surface area contributed by atoms with E-state index in [4.69, 9.17) is 0 Å². The van der Waals surface area contributed by atoms with Crippen molar-refractivity contribution in [2.45, 2.75) is 65.7 Å². The largest absolute Gasteiger partial charge is 0.0913 e. The Kier molecular flexibility index (Phi) is 4.42. The first-order chi connectivity index (χ1) is 8.14. The number of allylic oxidation sites excluding steroid dienone is 2. The quantitative estimate of drug-likeness (QED) is 0.611. The Balaban J connectivity index is 3.29. The van der Waals surface area contributed by atoms with Gasteiger partial charge in [-0.25, -0.2) is 0 Å². The molecule has 0 saturated heterocycles. The lowest BCUT2D eigenvalue weighted by Gasteiger charge is -2.26. The minimum atomic E-state index is 0.214. The third-order valence-corrected chi connectivity index (χ3v) is 3.31. The SMILES string of the molecule is C/C=C\Cc1cc(C(C)(C)C)cc(C(C)(C)C)c1. The summed E-state index contributed by atoms with van der Waals surface area (Å²) in [6.45, 7) is 15.8. The first-order valence-electron chi connectivity index (χ1n) is 6.90. The van der Waals surface area contributed by atoms with E-state index in [1.54, 1.807) is 0 Å². The molecule has 0 spiro atoms. The molecule has 0 aliphatic carbocycles. The summed E-state index contributed by atoms with van der Waals surface area (Å²) in [4.78, 5) is 0. The zero-order chi connectivity index (χ0) is 14.0. The van der Waals surface area contributed by atoms with Crippen LogP contribution in [0, 0.1) is 0 Å². The Bertz CT molecular complexity index is 390. The normalized spacial score (nSPS) is 13.3. The second-order valence-corrected chi connectivity index (χ2v) is 7.19. The lowest BCUT2D eigenvalue weighted by molar-refractivity contribution is 0.567. The van der Waals surface area contributed by atoms with Gasteiger partial charge in [-0.2, -0.15) is 0 Å². The van der Waals surface area contributed by atoms with Crippen LogP contribution in [0.15, 0.2) is 30.4 Å². The highest BCUT2D eigenvalue weighted by atomic mass is 14.2. The summed E-state index contributed by atoms with van der Waals surface area (Å²) in [5.74, 6) is 0. The molecule has 0 atom stereocenters. The van der Waals surface area contributed by atoms with Gasteiger partial charge in [-0.3, -0.25) is 0 Å². The first kappa shape index (κ1) is 15.0. The molecule has 0 bridgehead atoms. The van der Waals surface area contributed by atoms with Crippen LogP contribution in [-0.2, 0) is 17.3 Å². The van der Waals surface area contributed by atoms with Crippen LogP contribution in [0.1, 0.15) is 65.2 Å². The summed E-state index contributed by atoms with van der Waals surface area (Å²) in [5.41, 5.74) is 4.73. The third-order valence-electron chi connectivity index (χ3n) is 3.31. The highest BCUT2D eigenvalue weighted by Gasteiger charge is 2.20. The molecule has 18 heavy (non-hydrogen) atoms. The van der Waals surface area contributed by atoms with Crippen molar-refractivity contribution in [3.8, 4) is 0 Å². The molecule has 0 aromatic heterocycles. The molecule has 0 amide bonds. The van der Waals surface area contributed by atoms with Crippen LogP contribution >= 0.6 is 0 Å². The Hall–Kier alpha value is -1.04. The van der Waals surface area contributed by atoms with Gasteiger partial charge in [0.05, 0.1) is 0 Å². The van der Waals surface area contributed by atoms with Crippen molar-refractivity contribution in [3.05, 3.63) is 47.0 Å². The van der Waals surface area contributed by atoms with Crippen molar-refractivity contribution in [1.29, 1.82) is 0 Å². The van der Waals surface area contributed by atoms with Gasteiger partial charge in [0, 0.05) is 0 Å². The van der Waals surface area contributed by atoms with Crippen LogP contribution in [0.25, 0.3) is 0 Å². The van der Waals surface area contributed by atoms with E-state index in [1.807, 2.05) is 0 Å². The lowest BCUT2D eigenvalue weighted by atomic mass is 9.79. The summed E-state index contributed by atoms with van der Waals surface area (Å²) >= 11 is 0. The molecule has 0 aliphatic rings. The number of rotatable bonds is 2. The highest BCUT2D eigenvalue weighted by molar-refractivity contribution is 5.38. The number of hydrogen-bond acceptors (Lipinski definition) is 0. The zero-order valence-electron chi connectivity index (χ0n) is 13.1. The van der Waals surface area contributed by atoms with Gasteiger partial charge in [0.15, 0.2) is 0 Å². The molecule has 0 saturated carbocycles. The molecule has 0 heteroatoms. The van der Waals surface area contributed by atoms with E-state index in [0.29, 0.717) is 0 Å². The van der Waals surface area contributed by atoms with Crippen molar-refractivity contribution in [1.82, 2.24) is 0 Å². The van der Waals surface area contributed by atoms with Gasteiger partial charge in [-0.15, -0.1) is 0 Å². The maximum Gasteiger partial charge on any atom is -0.00974 e. The van der Waals surface area contributed by atoms with Crippen molar-refractivity contribution in [2.24, 2.45) is 0 Å². The second-order valence-electron chi connectivity index (χ2n) is 7.19. The van der Waals surface area contributed by atoms with E-state index < -0.39 is 0 Å². The Morgan fingerprint density at radius 2 is 1.28 bits per heavy atom. The van der Waals surface area contributed by atoms with Gasteiger partial charge in [-0.05, 0) is 40.9 Å². The van der Waals surface area contributed by atoms with E-state index in [2.05, 4.69) is 78.8 Å². The molecule has 0 N–H and O–H groups in total. The third kappa shape index (κ3) is 4.01. The van der Waals surface area contributed by atoms with Gasteiger partial charge in [0.1, 0.15) is 0 Å². The summed E-state index contributed by atoms with van der Waals surface area (Å²) in [6.07, 6.45) is 5.39. The molecule has 1 aromatic carbocycles. The first-order valence-corrected chi connectivity index (χ1v) is 6.90. The maximum atomic E-state index is 2.37. The van der Waals surface area contributed by atoms with E-state index in [0.717, 1.165) is 6.42 Å². The maximum absolute atomic E-state index is 2.37. The molecule has 0 fully saturated rings. The average molecular weight is 244 g/mol. The molecule has 1 aromatic rings. The lowest BCUT2D eigenvalue weighted by Crippen LogP contribution is -2.17. The fourth-order valence-electron chi connectivity index (χ4n) is 1.93. The molecule has 0 heterocycles. The van der Waals surface area contributed by atoms with Gasteiger partial charge in [0.25, 0.3) is 0 Å². The number of benzene rings is 1. The molecule has 1 rings (SSSR count). The standard InChI is InChI=1S/C18H28/c1-8-9-10-14-11-15(17(2,3)4)13-16(12-14)18(5,6)7/h8-9,11-13H,10H2,1-7H3/b9-8-.